The second-order valence-electron chi connectivity index (χ2n) is 4.55. The molecule has 2 aromatic heterocycles. The molecule has 0 spiro atoms. The van der Waals surface area contributed by atoms with Crippen molar-refractivity contribution < 1.29 is 14.6 Å². The van der Waals surface area contributed by atoms with Gasteiger partial charge in [0.1, 0.15) is 5.82 Å². The highest BCUT2D eigenvalue weighted by Crippen LogP contribution is 2.25. The van der Waals surface area contributed by atoms with E-state index in [4.69, 9.17) is 9.84 Å². The number of imidazole rings is 1. The maximum Gasteiger partial charge on any atom is 0.335 e. The predicted molar refractivity (Wildman–Crippen MR) is 64.9 cm³/mol. The van der Waals surface area contributed by atoms with E-state index < -0.39 is 5.97 Å². The number of nitrogens with zero attached hydrogens (tertiary/aromatic N) is 2. The molecule has 94 valence electrons. The molecule has 1 aliphatic rings. The summed E-state index contributed by atoms with van der Waals surface area (Å²) < 4.78 is 7.42. The van der Waals surface area contributed by atoms with E-state index >= 15 is 0 Å². The lowest BCUT2D eigenvalue weighted by Gasteiger charge is -2.21. The fourth-order valence-electron chi connectivity index (χ4n) is 2.40. The van der Waals surface area contributed by atoms with Crippen LogP contribution in [0, 0.1) is 0 Å². The van der Waals surface area contributed by atoms with Crippen molar-refractivity contribution in [1.82, 2.24) is 9.38 Å². The molecule has 0 radical (unpaired) electrons. The van der Waals surface area contributed by atoms with Crippen molar-refractivity contribution in [1.29, 1.82) is 0 Å². The first-order valence-electron chi connectivity index (χ1n) is 6.04. The van der Waals surface area contributed by atoms with Crippen LogP contribution in [-0.4, -0.2) is 33.7 Å². The summed E-state index contributed by atoms with van der Waals surface area (Å²) in [5.74, 6) is 0.347. The van der Waals surface area contributed by atoms with Crippen LogP contribution in [0.1, 0.15) is 34.9 Å². The summed E-state index contributed by atoms with van der Waals surface area (Å²) in [5, 5.41) is 8.95. The Labute approximate surface area is 104 Å². The van der Waals surface area contributed by atoms with Crippen LogP contribution in [0.2, 0.25) is 0 Å². The number of aromatic carboxylic acids is 1. The van der Waals surface area contributed by atoms with Crippen molar-refractivity contribution >= 4 is 11.5 Å². The monoisotopic (exact) mass is 246 g/mol. The summed E-state index contributed by atoms with van der Waals surface area (Å²) in [6.45, 7) is 1.52. The summed E-state index contributed by atoms with van der Waals surface area (Å²) in [7, 11) is 0. The minimum Gasteiger partial charge on any atom is -0.478 e. The molecule has 0 bridgehead atoms. The van der Waals surface area contributed by atoms with Crippen molar-refractivity contribution in [3.63, 3.8) is 0 Å². The van der Waals surface area contributed by atoms with E-state index in [1.807, 2.05) is 4.40 Å². The van der Waals surface area contributed by atoms with Crippen molar-refractivity contribution in [2.24, 2.45) is 0 Å². The predicted octanol–water partition coefficient (Wildman–Crippen LogP) is 1.93. The van der Waals surface area contributed by atoms with Gasteiger partial charge >= 0.3 is 5.97 Å². The van der Waals surface area contributed by atoms with E-state index in [0.717, 1.165) is 30.8 Å². The molecule has 3 heterocycles. The molecule has 3 rings (SSSR count). The molecular formula is C13H14N2O3. The van der Waals surface area contributed by atoms with Gasteiger partial charge in [-0.25, -0.2) is 9.78 Å². The first-order chi connectivity index (χ1) is 8.75. The number of hydrogen-bond donors (Lipinski definition) is 1. The van der Waals surface area contributed by atoms with Gasteiger partial charge in [-0.3, -0.25) is 0 Å². The van der Waals surface area contributed by atoms with Crippen LogP contribution in [-0.2, 0) is 4.74 Å². The van der Waals surface area contributed by atoms with Crippen molar-refractivity contribution in [3.8, 4) is 0 Å². The Morgan fingerprint density at radius 2 is 2.44 bits per heavy atom. The zero-order valence-electron chi connectivity index (χ0n) is 9.87. The van der Waals surface area contributed by atoms with E-state index in [1.165, 1.54) is 0 Å². The third-order valence-corrected chi connectivity index (χ3v) is 3.33. The number of ether oxygens (including phenoxy) is 1. The Balaban J connectivity index is 2.01. The van der Waals surface area contributed by atoms with Gasteiger partial charge in [0.25, 0.3) is 0 Å². The van der Waals surface area contributed by atoms with Crippen LogP contribution < -0.4 is 0 Å². The lowest BCUT2D eigenvalue weighted by Crippen LogP contribution is -2.17. The Bertz CT molecular complexity index is 585. The summed E-state index contributed by atoms with van der Waals surface area (Å²) in [6.07, 6.45) is 5.61. The lowest BCUT2D eigenvalue weighted by atomic mass is 10.0. The molecule has 2 aromatic rings. The van der Waals surface area contributed by atoms with Gasteiger partial charge in [0.2, 0.25) is 0 Å². The molecular weight excluding hydrogens is 232 g/mol. The van der Waals surface area contributed by atoms with Gasteiger partial charge in [0, 0.05) is 18.7 Å². The topological polar surface area (TPSA) is 63.8 Å². The maximum absolute atomic E-state index is 10.9. The van der Waals surface area contributed by atoms with Gasteiger partial charge in [-0.2, -0.15) is 0 Å². The van der Waals surface area contributed by atoms with E-state index in [9.17, 15) is 4.79 Å². The molecule has 5 nitrogen and oxygen atoms in total. The number of aromatic nitrogens is 2. The number of fused-ring (bicyclic) bond motifs is 1. The number of carboxylic acids is 1. The quantitative estimate of drug-likeness (QED) is 0.879. The molecule has 1 unspecified atom stereocenters. The SMILES string of the molecule is O=C(O)c1ccn2c(C3CCCOC3)ncc2c1. The Morgan fingerprint density at radius 1 is 1.56 bits per heavy atom. The van der Waals surface area contributed by atoms with Crippen molar-refractivity contribution in [2.75, 3.05) is 13.2 Å². The van der Waals surface area contributed by atoms with E-state index in [1.54, 1.807) is 24.5 Å². The zero-order chi connectivity index (χ0) is 12.5. The fourth-order valence-corrected chi connectivity index (χ4v) is 2.40. The van der Waals surface area contributed by atoms with Crippen LogP contribution in [0.25, 0.3) is 5.52 Å². The molecule has 1 atom stereocenters. The minimum absolute atomic E-state index is 0.286. The third-order valence-electron chi connectivity index (χ3n) is 3.33. The highest BCUT2D eigenvalue weighted by molar-refractivity contribution is 5.88. The molecule has 18 heavy (non-hydrogen) atoms. The number of rotatable bonds is 2. The van der Waals surface area contributed by atoms with Crippen molar-refractivity contribution in [2.45, 2.75) is 18.8 Å². The summed E-state index contributed by atoms with van der Waals surface area (Å²) >= 11 is 0. The fraction of sp³-hybridized carbons (Fsp3) is 0.385. The van der Waals surface area contributed by atoms with Crippen LogP contribution >= 0.6 is 0 Å². The van der Waals surface area contributed by atoms with E-state index in [2.05, 4.69) is 4.98 Å². The van der Waals surface area contributed by atoms with Gasteiger partial charge in [-0.05, 0) is 25.0 Å². The Hall–Kier alpha value is -1.88. The third kappa shape index (κ3) is 1.86. The van der Waals surface area contributed by atoms with Gasteiger partial charge in [-0.1, -0.05) is 0 Å². The molecule has 1 aliphatic heterocycles. The minimum atomic E-state index is -0.916. The summed E-state index contributed by atoms with van der Waals surface area (Å²) in [5.41, 5.74) is 1.10. The molecule has 1 saturated heterocycles. The average molecular weight is 246 g/mol. The average Bonchev–Trinajstić information content (AvgIpc) is 2.82. The standard InChI is InChI=1S/C13H14N2O3/c16-13(17)9-3-4-15-11(6-9)7-14-12(15)10-2-1-5-18-8-10/h3-4,6-7,10H,1-2,5,8H2,(H,16,17). The molecule has 0 aromatic carbocycles. The molecule has 5 heteroatoms. The van der Waals surface area contributed by atoms with Gasteiger partial charge in [0.15, 0.2) is 0 Å². The second-order valence-corrected chi connectivity index (χ2v) is 4.55. The van der Waals surface area contributed by atoms with Crippen molar-refractivity contribution in [3.05, 3.63) is 35.9 Å². The lowest BCUT2D eigenvalue weighted by molar-refractivity contribution is 0.0696. The zero-order valence-corrected chi connectivity index (χ0v) is 9.87. The first kappa shape index (κ1) is 11.2. The first-order valence-corrected chi connectivity index (χ1v) is 6.04. The highest BCUT2D eigenvalue weighted by atomic mass is 16.5. The number of hydrogen-bond acceptors (Lipinski definition) is 3. The maximum atomic E-state index is 10.9. The summed E-state index contributed by atoms with van der Waals surface area (Å²) in [4.78, 5) is 15.3. The van der Waals surface area contributed by atoms with Crippen LogP contribution in [0.3, 0.4) is 0 Å². The number of carboxylic acid groups (broad SMARTS) is 1. The van der Waals surface area contributed by atoms with E-state index in [-0.39, 0.29) is 5.56 Å². The van der Waals surface area contributed by atoms with Crippen LogP contribution in [0.15, 0.2) is 24.5 Å². The number of carbonyl (C=O) groups is 1. The van der Waals surface area contributed by atoms with E-state index in [0.29, 0.717) is 12.5 Å². The van der Waals surface area contributed by atoms with Gasteiger partial charge in [-0.15, -0.1) is 0 Å². The van der Waals surface area contributed by atoms with Crippen LogP contribution in [0.5, 0.6) is 0 Å². The molecule has 1 N–H and O–H groups in total. The smallest absolute Gasteiger partial charge is 0.335 e. The largest absolute Gasteiger partial charge is 0.478 e. The second kappa shape index (κ2) is 4.42. The van der Waals surface area contributed by atoms with Crippen LogP contribution in [0.4, 0.5) is 0 Å². The normalized spacial score (nSPS) is 20.1. The molecule has 0 amide bonds. The molecule has 0 aliphatic carbocycles. The number of pyridine rings is 1. The Kier molecular flexibility index (Phi) is 2.76. The highest BCUT2D eigenvalue weighted by Gasteiger charge is 2.20. The molecule has 1 fully saturated rings. The molecule has 0 saturated carbocycles. The summed E-state index contributed by atoms with van der Waals surface area (Å²) in [6, 6.07) is 3.24. The van der Waals surface area contributed by atoms with Gasteiger partial charge < -0.3 is 14.2 Å². The van der Waals surface area contributed by atoms with Gasteiger partial charge in [0.05, 0.1) is 23.9 Å². The Morgan fingerprint density at radius 3 is 3.17 bits per heavy atom.